The van der Waals surface area contributed by atoms with Gasteiger partial charge in [0.2, 0.25) is 11.8 Å². The second kappa shape index (κ2) is 7.67. The number of benzene rings is 1. The van der Waals surface area contributed by atoms with Crippen LogP contribution in [0.25, 0.3) is 11.3 Å². The lowest BCUT2D eigenvalue weighted by atomic mass is 9.97. The van der Waals surface area contributed by atoms with Gasteiger partial charge >= 0.3 is 0 Å². The highest BCUT2D eigenvalue weighted by atomic mass is 32.1. The SMILES string of the molecule is O=C(Nc1nc(-c2cccc([N+](=O)[O-])c2)cs1)C1CCCN(C(=O)C2CC2)C1. The lowest BCUT2D eigenvalue weighted by molar-refractivity contribution is -0.384. The summed E-state index contributed by atoms with van der Waals surface area (Å²) in [6.45, 7) is 1.19. The van der Waals surface area contributed by atoms with Crippen molar-refractivity contribution in [3.8, 4) is 11.3 Å². The van der Waals surface area contributed by atoms with Gasteiger partial charge in [0, 0.05) is 42.1 Å². The van der Waals surface area contributed by atoms with Crippen LogP contribution >= 0.6 is 11.3 Å². The minimum absolute atomic E-state index is 0.00119. The van der Waals surface area contributed by atoms with Crippen LogP contribution in [0.1, 0.15) is 25.7 Å². The minimum Gasteiger partial charge on any atom is -0.342 e. The maximum atomic E-state index is 12.6. The Bertz CT molecular complexity index is 924. The lowest BCUT2D eigenvalue weighted by Gasteiger charge is -2.32. The number of non-ortho nitro benzene ring substituents is 1. The van der Waals surface area contributed by atoms with E-state index in [0.717, 1.165) is 32.2 Å². The maximum Gasteiger partial charge on any atom is 0.270 e. The van der Waals surface area contributed by atoms with Gasteiger partial charge in [-0.25, -0.2) is 4.98 Å². The lowest BCUT2D eigenvalue weighted by Crippen LogP contribution is -2.44. The molecule has 1 aromatic carbocycles. The number of aromatic nitrogens is 1. The highest BCUT2D eigenvalue weighted by Crippen LogP contribution is 2.33. The molecule has 8 nitrogen and oxygen atoms in total. The standard InChI is InChI=1S/C19H20N4O4S/c24-17(14-4-2-8-22(10-14)18(25)12-6-7-12)21-19-20-16(11-28-19)13-3-1-5-15(9-13)23(26)27/h1,3,5,9,11-12,14H,2,4,6-8,10H2,(H,20,21,24). The van der Waals surface area contributed by atoms with Crippen LogP contribution in [-0.4, -0.2) is 39.7 Å². The average molecular weight is 400 g/mol. The summed E-state index contributed by atoms with van der Waals surface area (Å²) in [5, 5.41) is 16.0. The van der Waals surface area contributed by atoms with E-state index in [1.165, 1.54) is 23.5 Å². The van der Waals surface area contributed by atoms with Gasteiger partial charge in [-0.15, -0.1) is 11.3 Å². The fraction of sp³-hybridized carbons (Fsp3) is 0.421. The van der Waals surface area contributed by atoms with Crippen LogP contribution < -0.4 is 5.32 Å². The third-order valence-electron chi connectivity index (χ3n) is 5.12. The van der Waals surface area contributed by atoms with Crippen LogP contribution in [-0.2, 0) is 9.59 Å². The van der Waals surface area contributed by atoms with E-state index < -0.39 is 4.92 Å². The summed E-state index contributed by atoms with van der Waals surface area (Å²) in [6, 6.07) is 6.24. The summed E-state index contributed by atoms with van der Waals surface area (Å²) in [6.07, 6.45) is 3.51. The van der Waals surface area contributed by atoms with Gasteiger partial charge in [0.25, 0.3) is 5.69 Å². The zero-order valence-electron chi connectivity index (χ0n) is 15.2. The molecule has 1 N–H and O–H groups in total. The second-order valence-electron chi connectivity index (χ2n) is 7.23. The number of nitro groups is 1. The van der Waals surface area contributed by atoms with Crippen molar-refractivity contribution in [1.29, 1.82) is 0 Å². The summed E-state index contributed by atoms with van der Waals surface area (Å²) in [7, 11) is 0. The molecule has 4 rings (SSSR count). The fourth-order valence-corrected chi connectivity index (χ4v) is 4.15. The Hall–Kier alpha value is -2.81. The van der Waals surface area contributed by atoms with Crippen molar-refractivity contribution in [3.05, 3.63) is 39.8 Å². The van der Waals surface area contributed by atoms with Gasteiger partial charge in [-0.2, -0.15) is 0 Å². The maximum absolute atomic E-state index is 12.6. The molecule has 2 fully saturated rings. The van der Waals surface area contributed by atoms with Gasteiger partial charge in [0.05, 0.1) is 16.5 Å². The number of anilines is 1. The first-order chi connectivity index (χ1) is 13.5. The number of nitrogens with one attached hydrogen (secondary N) is 1. The number of nitrogens with zero attached hydrogens (tertiary/aromatic N) is 3. The van der Waals surface area contributed by atoms with E-state index in [2.05, 4.69) is 10.3 Å². The number of piperidine rings is 1. The number of thiazole rings is 1. The van der Waals surface area contributed by atoms with Crippen LogP contribution in [0.5, 0.6) is 0 Å². The molecule has 0 radical (unpaired) electrons. The average Bonchev–Trinajstić information content (AvgIpc) is 3.46. The quantitative estimate of drug-likeness (QED) is 0.612. The van der Waals surface area contributed by atoms with E-state index in [9.17, 15) is 19.7 Å². The molecule has 1 aliphatic carbocycles. The first-order valence-corrected chi connectivity index (χ1v) is 10.2. The number of nitro benzene ring substituents is 1. The van der Waals surface area contributed by atoms with Crippen LogP contribution in [0, 0.1) is 22.0 Å². The van der Waals surface area contributed by atoms with Crippen molar-refractivity contribution in [2.75, 3.05) is 18.4 Å². The van der Waals surface area contributed by atoms with Gasteiger partial charge in [-0.1, -0.05) is 12.1 Å². The molecule has 28 heavy (non-hydrogen) atoms. The molecule has 9 heteroatoms. The number of hydrogen-bond donors (Lipinski definition) is 1. The number of carbonyl (C=O) groups excluding carboxylic acids is 2. The third kappa shape index (κ3) is 4.04. The molecule has 146 valence electrons. The second-order valence-corrected chi connectivity index (χ2v) is 8.09. The van der Waals surface area contributed by atoms with Crippen LogP contribution in [0.15, 0.2) is 29.6 Å². The first kappa shape index (κ1) is 18.5. The van der Waals surface area contributed by atoms with Gasteiger partial charge in [0.15, 0.2) is 5.13 Å². The normalized spacial score (nSPS) is 19.3. The molecule has 2 aliphatic rings. The summed E-state index contributed by atoms with van der Waals surface area (Å²) < 4.78 is 0. The van der Waals surface area contributed by atoms with Crippen LogP contribution in [0.4, 0.5) is 10.8 Å². The smallest absolute Gasteiger partial charge is 0.270 e. The van der Waals surface area contributed by atoms with Crippen LogP contribution in [0.2, 0.25) is 0 Å². The molecule has 1 aromatic heterocycles. The highest BCUT2D eigenvalue weighted by Gasteiger charge is 2.36. The van der Waals surface area contributed by atoms with E-state index in [4.69, 9.17) is 0 Å². The van der Waals surface area contributed by atoms with Gasteiger partial charge in [-0.05, 0) is 25.7 Å². The Morgan fingerprint density at radius 1 is 1.25 bits per heavy atom. The molecular formula is C19H20N4O4S. The molecule has 0 bridgehead atoms. The molecule has 1 aliphatic heterocycles. The zero-order valence-corrected chi connectivity index (χ0v) is 16.0. The zero-order chi connectivity index (χ0) is 19.7. The van der Waals surface area contributed by atoms with Gasteiger partial charge in [-0.3, -0.25) is 19.7 Å². The van der Waals surface area contributed by atoms with Gasteiger partial charge in [0.1, 0.15) is 0 Å². The van der Waals surface area contributed by atoms with Crippen molar-refractivity contribution < 1.29 is 14.5 Å². The van der Waals surface area contributed by atoms with E-state index in [1.54, 1.807) is 17.5 Å². The van der Waals surface area contributed by atoms with E-state index in [1.807, 2.05) is 4.90 Å². The number of amides is 2. The largest absolute Gasteiger partial charge is 0.342 e. The molecule has 2 aromatic rings. The number of rotatable bonds is 5. The predicted octanol–water partition coefficient (Wildman–Crippen LogP) is 3.31. The Kier molecular flexibility index (Phi) is 5.08. The molecular weight excluding hydrogens is 380 g/mol. The number of likely N-dealkylation sites (tertiary alicyclic amines) is 1. The molecule has 1 saturated carbocycles. The molecule has 1 saturated heterocycles. The summed E-state index contributed by atoms with van der Waals surface area (Å²) >= 11 is 1.28. The van der Waals surface area contributed by atoms with Crippen molar-refractivity contribution in [1.82, 2.24) is 9.88 Å². The Morgan fingerprint density at radius 3 is 2.82 bits per heavy atom. The first-order valence-electron chi connectivity index (χ1n) is 9.31. The molecule has 2 heterocycles. The summed E-state index contributed by atoms with van der Waals surface area (Å²) in [5.74, 6) is -0.0205. The molecule has 1 unspecified atom stereocenters. The highest BCUT2D eigenvalue weighted by molar-refractivity contribution is 7.14. The molecule has 0 spiro atoms. The van der Waals surface area contributed by atoms with Crippen LogP contribution in [0.3, 0.4) is 0 Å². The van der Waals surface area contributed by atoms with Gasteiger partial charge < -0.3 is 10.2 Å². The van der Waals surface area contributed by atoms with E-state index in [0.29, 0.717) is 22.9 Å². The van der Waals surface area contributed by atoms with Crippen molar-refractivity contribution in [3.63, 3.8) is 0 Å². The monoisotopic (exact) mass is 400 g/mol. The Morgan fingerprint density at radius 2 is 2.07 bits per heavy atom. The summed E-state index contributed by atoms with van der Waals surface area (Å²) in [5.41, 5.74) is 1.21. The number of hydrogen-bond acceptors (Lipinski definition) is 6. The molecule has 2 amide bonds. The van der Waals surface area contributed by atoms with Crippen molar-refractivity contribution in [2.24, 2.45) is 11.8 Å². The number of carbonyl (C=O) groups is 2. The fourth-order valence-electron chi connectivity index (χ4n) is 3.43. The summed E-state index contributed by atoms with van der Waals surface area (Å²) in [4.78, 5) is 41.6. The minimum atomic E-state index is -0.448. The molecule has 1 atom stereocenters. The third-order valence-corrected chi connectivity index (χ3v) is 5.88. The predicted molar refractivity (Wildman–Crippen MR) is 105 cm³/mol. The Labute approximate surface area is 165 Å². The van der Waals surface area contributed by atoms with E-state index in [-0.39, 0.29) is 29.3 Å². The van der Waals surface area contributed by atoms with Crippen molar-refractivity contribution >= 4 is 34.0 Å². The topological polar surface area (TPSA) is 105 Å². The van der Waals surface area contributed by atoms with Crippen molar-refractivity contribution in [2.45, 2.75) is 25.7 Å². The van der Waals surface area contributed by atoms with E-state index >= 15 is 0 Å². The Balaban J connectivity index is 1.40.